The fourth-order valence-corrected chi connectivity index (χ4v) is 5.59. The Morgan fingerprint density at radius 1 is 1.25 bits per heavy atom. The standard InChI is InChI=1S/C26H25BrN2O2S/c1-3-15-31-23-14-13-20(27)16-19(23)17-24-25(30)29(22-12-8-7-9-18(22)2)26(32-24)28-21-10-5-4-6-11-21/h1,4-6,10-11,13-14,16-18,22H,7-9,12,15H2,2H3/b24-17-,28-26?/t18-,22+/m0/s1. The van der Waals surface area contributed by atoms with Crippen molar-refractivity contribution in [2.24, 2.45) is 10.9 Å². The Kier molecular flexibility index (Phi) is 7.39. The van der Waals surface area contributed by atoms with Gasteiger partial charge in [0, 0.05) is 16.1 Å². The smallest absolute Gasteiger partial charge is 0.267 e. The van der Waals surface area contributed by atoms with Crippen LogP contribution in [0, 0.1) is 18.3 Å². The van der Waals surface area contributed by atoms with Crippen LogP contribution in [0.2, 0.25) is 0 Å². The minimum Gasteiger partial charge on any atom is -0.480 e. The van der Waals surface area contributed by atoms with Crippen LogP contribution in [-0.4, -0.2) is 28.6 Å². The number of rotatable bonds is 5. The molecule has 1 saturated carbocycles. The molecule has 0 aromatic heterocycles. The highest BCUT2D eigenvalue weighted by molar-refractivity contribution is 9.10. The summed E-state index contributed by atoms with van der Waals surface area (Å²) in [6, 6.07) is 15.7. The Hall–Kier alpha value is -2.49. The summed E-state index contributed by atoms with van der Waals surface area (Å²) in [5, 5.41) is 0.743. The maximum atomic E-state index is 13.6. The lowest BCUT2D eigenvalue weighted by Gasteiger charge is -2.35. The third-order valence-corrected chi connectivity index (χ3v) is 7.26. The van der Waals surface area contributed by atoms with Crippen LogP contribution in [0.5, 0.6) is 5.75 Å². The molecule has 164 valence electrons. The van der Waals surface area contributed by atoms with Gasteiger partial charge in [-0.15, -0.1) is 6.42 Å². The third-order valence-electron chi connectivity index (χ3n) is 5.79. The molecule has 4 rings (SSSR count). The van der Waals surface area contributed by atoms with E-state index in [1.165, 1.54) is 18.2 Å². The highest BCUT2D eigenvalue weighted by atomic mass is 79.9. The van der Waals surface area contributed by atoms with E-state index in [4.69, 9.17) is 16.2 Å². The molecule has 6 heteroatoms. The van der Waals surface area contributed by atoms with Crippen LogP contribution in [0.3, 0.4) is 0 Å². The minimum atomic E-state index is 0.00584. The number of terminal acetylenes is 1. The lowest BCUT2D eigenvalue weighted by Crippen LogP contribution is -2.44. The van der Waals surface area contributed by atoms with Crippen molar-refractivity contribution in [3.05, 3.63) is 63.5 Å². The van der Waals surface area contributed by atoms with Crippen molar-refractivity contribution in [3.8, 4) is 18.1 Å². The number of ether oxygens (including phenoxy) is 1. The monoisotopic (exact) mass is 508 g/mol. The molecular formula is C26H25BrN2O2S. The highest BCUT2D eigenvalue weighted by Crippen LogP contribution is 2.41. The van der Waals surface area contributed by atoms with E-state index in [1.807, 2.05) is 59.5 Å². The molecule has 2 atom stereocenters. The van der Waals surface area contributed by atoms with Gasteiger partial charge in [-0.05, 0) is 66.9 Å². The van der Waals surface area contributed by atoms with Crippen LogP contribution in [-0.2, 0) is 4.79 Å². The maximum absolute atomic E-state index is 13.6. The van der Waals surface area contributed by atoms with E-state index in [0.717, 1.165) is 40.2 Å². The SMILES string of the molecule is C#CCOc1ccc(Br)cc1/C=C1\SC(=Nc2ccccc2)N([C@@H]2CCCC[C@@H]2C)C1=O. The number of thioether (sulfide) groups is 1. The van der Waals surface area contributed by atoms with Crippen molar-refractivity contribution in [1.82, 2.24) is 4.90 Å². The number of benzene rings is 2. The zero-order valence-corrected chi connectivity index (χ0v) is 20.4. The van der Waals surface area contributed by atoms with Gasteiger partial charge in [-0.2, -0.15) is 0 Å². The largest absolute Gasteiger partial charge is 0.480 e. The molecule has 2 aliphatic rings. The molecule has 1 saturated heterocycles. The molecule has 2 aromatic rings. The van der Waals surface area contributed by atoms with Gasteiger partial charge in [-0.1, -0.05) is 59.8 Å². The van der Waals surface area contributed by atoms with Gasteiger partial charge in [0.1, 0.15) is 12.4 Å². The predicted octanol–water partition coefficient (Wildman–Crippen LogP) is 6.64. The Balaban J connectivity index is 1.73. The van der Waals surface area contributed by atoms with Crippen LogP contribution in [0.1, 0.15) is 38.2 Å². The summed E-state index contributed by atoms with van der Waals surface area (Å²) in [6.07, 6.45) is 11.7. The Labute approximate surface area is 202 Å². The first-order valence-corrected chi connectivity index (χ1v) is 12.4. The van der Waals surface area contributed by atoms with Crippen molar-refractivity contribution in [2.45, 2.75) is 38.6 Å². The quantitative estimate of drug-likeness (QED) is 0.335. The van der Waals surface area contributed by atoms with Crippen molar-refractivity contribution in [3.63, 3.8) is 0 Å². The summed E-state index contributed by atoms with van der Waals surface area (Å²) >= 11 is 4.94. The molecule has 0 spiro atoms. The second-order valence-corrected chi connectivity index (χ2v) is 9.94. The fourth-order valence-electron chi connectivity index (χ4n) is 4.17. The maximum Gasteiger partial charge on any atom is 0.267 e. The van der Waals surface area contributed by atoms with Gasteiger partial charge in [0.25, 0.3) is 5.91 Å². The van der Waals surface area contributed by atoms with E-state index in [1.54, 1.807) is 0 Å². The van der Waals surface area contributed by atoms with Crippen LogP contribution in [0.4, 0.5) is 5.69 Å². The van der Waals surface area contributed by atoms with Gasteiger partial charge in [0.05, 0.1) is 10.6 Å². The van der Waals surface area contributed by atoms with Gasteiger partial charge >= 0.3 is 0 Å². The molecule has 32 heavy (non-hydrogen) atoms. The average Bonchev–Trinajstić information content (AvgIpc) is 3.09. The molecule has 4 nitrogen and oxygen atoms in total. The summed E-state index contributed by atoms with van der Waals surface area (Å²) in [5.74, 6) is 3.59. The summed E-state index contributed by atoms with van der Waals surface area (Å²) in [5.41, 5.74) is 1.65. The number of halogens is 1. The Morgan fingerprint density at radius 2 is 2.03 bits per heavy atom. The zero-order chi connectivity index (χ0) is 22.5. The van der Waals surface area contributed by atoms with Gasteiger partial charge < -0.3 is 4.74 Å². The topological polar surface area (TPSA) is 41.9 Å². The number of aliphatic imine (C=N–C) groups is 1. The number of hydrogen-bond acceptors (Lipinski definition) is 4. The van der Waals surface area contributed by atoms with Gasteiger partial charge in [-0.25, -0.2) is 4.99 Å². The lowest BCUT2D eigenvalue weighted by molar-refractivity contribution is -0.124. The zero-order valence-electron chi connectivity index (χ0n) is 18.0. The number of amidine groups is 1. The fraction of sp³-hybridized carbons (Fsp3) is 0.308. The van der Waals surface area contributed by atoms with Crippen molar-refractivity contribution in [1.29, 1.82) is 0 Å². The molecule has 1 aliphatic heterocycles. The first kappa shape index (κ1) is 22.7. The van der Waals surface area contributed by atoms with Gasteiger partial charge in [0.15, 0.2) is 5.17 Å². The number of amides is 1. The third kappa shape index (κ3) is 5.11. The number of hydrogen-bond donors (Lipinski definition) is 0. The van der Waals surface area contributed by atoms with E-state index in [0.29, 0.717) is 16.6 Å². The number of carbonyl (C=O) groups excluding carboxylic acids is 1. The van der Waals surface area contributed by atoms with E-state index < -0.39 is 0 Å². The average molecular weight is 509 g/mol. The van der Waals surface area contributed by atoms with Gasteiger partial charge in [0.2, 0.25) is 0 Å². The second kappa shape index (κ2) is 10.4. The van der Waals surface area contributed by atoms with Crippen molar-refractivity contribution < 1.29 is 9.53 Å². The Morgan fingerprint density at radius 3 is 2.78 bits per heavy atom. The van der Waals surface area contributed by atoms with Crippen molar-refractivity contribution >= 4 is 50.5 Å². The Bertz CT molecular complexity index is 1090. The number of carbonyl (C=O) groups is 1. The first-order valence-electron chi connectivity index (χ1n) is 10.8. The predicted molar refractivity (Wildman–Crippen MR) is 136 cm³/mol. The van der Waals surface area contributed by atoms with E-state index in [2.05, 4.69) is 28.8 Å². The first-order chi connectivity index (χ1) is 15.6. The molecule has 1 aliphatic carbocycles. The van der Waals surface area contributed by atoms with Crippen LogP contribution < -0.4 is 4.74 Å². The second-order valence-electron chi connectivity index (χ2n) is 8.02. The minimum absolute atomic E-state index is 0.00584. The summed E-state index contributed by atoms with van der Waals surface area (Å²) < 4.78 is 6.61. The van der Waals surface area contributed by atoms with Gasteiger partial charge in [-0.3, -0.25) is 9.69 Å². The molecular weight excluding hydrogens is 484 g/mol. The van der Waals surface area contributed by atoms with Crippen LogP contribution >= 0.6 is 27.7 Å². The van der Waals surface area contributed by atoms with E-state index >= 15 is 0 Å². The molecule has 0 bridgehead atoms. The van der Waals surface area contributed by atoms with Crippen LogP contribution in [0.25, 0.3) is 6.08 Å². The molecule has 1 heterocycles. The lowest BCUT2D eigenvalue weighted by atomic mass is 9.85. The molecule has 0 N–H and O–H groups in total. The van der Waals surface area contributed by atoms with E-state index in [9.17, 15) is 4.79 Å². The van der Waals surface area contributed by atoms with Crippen molar-refractivity contribution in [2.75, 3.05) is 6.61 Å². The summed E-state index contributed by atoms with van der Waals surface area (Å²) in [4.78, 5) is 21.1. The van der Waals surface area contributed by atoms with E-state index in [-0.39, 0.29) is 18.6 Å². The normalized spacial score (nSPS) is 23.5. The number of nitrogens with zero attached hydrogens (tertiary/aromatic N) is 2. The molecule has 0 radical (unpaired) electrons. The molecule has 0 unspecified atom stereocenters. The molecule has 2 fully saturated rings. The highest BCUT2D eigenvalue weighted by Gasteiger charge is 2.41. The van der Waals surface area contributed by atoms with Crippen LogP contribution in [0.15, 0.2) is 62.9 Å². The summed E-state index contributed by atoms with van der Waals surface area (Å²) in [6.45, 7) is 2.41. The molecule has 2 aromatic carbocycles. The molecule has 1 amide bonds. The summed E-state index contributed by atoms with van der Waals surface area (Å²) in [7, 11) is 0. The number of para-hydroxylation sites is 1.